The molecule has 0 unspecified atom stereocenters. The fourth-order valence-electron chi connectivity index (χ4n) is 4.02. The molecule has 2 amide bonds. The number of aromatic nitrogens is 2. The summed E-state index contributed by atoms with van der Waals surface area (Å²) in [7, 11) is 0. The second kappa shape index (κ2) is 6.95. The normalized spacial score (nSPS) is 24.7. The van der Waals surface area contributed by atoms with Crippen molar-refractivity contribution >= 4 is 11.8 Å². The van der Waals surface area contributed by atoms with Crippen molar-refractivity contribution in [2.24, 2.45) is 5.92 Å². The first-order valence-corrected chi connectivity index (χ1v) is 9.09. The molecule has 2 saturated heterocycles. The van der Waals surface area contributed by atoms with Crippen molar-refractivity contribution in [3.8, 4) is 0 Å². The minimum atomic E-state index is -0.168. The predicted molar refractivity (Wildman–Crippen MR) is 91.4 cm³/mol. The summed E-state index contributed by atoms with van der Waals surface area (Å²) in [4.78, 5) is 28.8. The Hall–Kier alpha value is -1.85. The number of amides is 2. The van der Waals surface area contributed by atoms with Gasteiger partial charge in [0.1, 0.15) is 0 Å². The van der Waals surface area contributed by atoms with Crippen molar-refractivity contribution in [2.45, 2.75) is 59.0 Å². The second-order valence-electron chi connectivity index (χ2n) is 7.12. The lowest BCUT2D eigenvalue weighted by Crippen LogP contribution is -2.48. The van der Waals surface area contributed by atoms with Gasteiger partial charge in [-0.3, -0.25) is 14.3 Å². The predicted octanol–water partition coefficient (Wildman–Crippen LogP) is 1.75. The molecule has 6 heteroatoms. The van der Waals surface area contributed by atoms with E-state index in [0.29, 0.717) is 19.5 Å². The summed E-state index contributed by atoms with van der Waals surface area (Å²) in [6.45, 7) is 8.86. The molecule has 0 aliphatic carbocycles. The number of hydrogen-bond acceptors (Lipinski definition) is 3. The van der Waals surface area contributed by atoms with E-state index in [1.807, 2.05) is 23.4 Å². The summed E-state index contributed by atoms with van der Waals surface area (Å²) >= 11 is 0. The van der Waals surface area contributed by atoms with Crippen LogP contribution in [0.2, 0.25) is 0 Å². The third-order valence-electron chi connectivity index (χ3n) is 5.34. The van der Waals surface area contributed by atoms with Crippen LogP contribution in [-0.2, 0) is 16.1 Å². The topological polar surface area (TPSA) is 58.4 Å². The molecule has 2 fully saturated rings. The minimum Gasteiger partial charge on any atom is -0.342 e. The van der Waals surface area contributed by atoms with Crippen molar-refractivity contribution in [2.75, 3.05) is 19.6 Å². The Kier molecular flexibility index (Phi) is 4.92. The van der Waals surface area contributed by atoms with Gasteiger partial charge in [0.05, 0.1) is 24.2 Å². The van der Waals surface area contributed by atoms with E-state index in [1.165, 1.54) is 0 Å². The van der Waals surface area contributed by atoms with Crippen molar-refractivity contribution in [3.63, 3.8) is 0 Å². The van der Waals surface area contributed by atoms with Gasteiger partial charge >= 0.3 is 0 Å². The van der Waals surface area contributed by atoms with Gasteiger partial charge in [0.15, 0.2) is 0 Å². The summed E-state index contributed by atoms with van der Waals surface area (Å²) in [5.74, 6) is 0.104. The number of hydrogen-bond donors (Lipinski definition) is 0. The van der Waals surface area contributed by atoms with E-state index < -0.39 is 0 Å². The van der Waals surface area contributed by atoms with Gasteiger partial charge in [-0.25, -0.2) is 0 Å². The van der Waals surface area contributed by atoms with E-state index in [-0.39, 0.29) is 23.8 Å². The van der Waals surface area contributed by atoms with Gasteiger partial charge in [-0.15, -0.1) is 0 Å². The van der Waals surface area contributed by atoms with Crippen LogP contribution < -0.4 is 0 Å². The Morgan fingerprint density at radius 2 is 2.12 bits per heavy atom. The van der Waals surface area contributed by atoms with Gasteiger partial charge in [0.2, 0.25) is 11.8 Å². The number of piperidine rings is 1. The van der Waals surface area contributed by atoms with Gasteiger partial charge in [-0.05, 0) is 46.1 Å². The van der Waals surface area contributed by atoms with Crippen LogP contribution in [0.15, 0.2) is 6.07 Å². The lowest BCUT2D eigenvalue weighted by atomic mass is 9.98. The van der Waals surface area contributed by atoms with E-state index in [4.69, 9.17) is 0 Å². The second-order valence-corrected chi connectivity index (χ2v) is 7.12. The van der Waals surface area contributed by atoms with Gasteiger partial charge in [-0.1, -0.05) is 0 Å². The first kappa shape index (κ1) is 17.0. The maximum Gasteiger partial charge on any atom is 0.228 e. The molecule has 2 aliphatic heterocycles. The van der Waals surface area contributed by atoms with Crippen molar-refractivity contribution < 1.29 is 9.59 Å². The highest BCUT2D eigenvalue weighted by atomic mass is 16.2. The standard InChI is InChI=1S/C18H28N4O2/c1-4-20-11-15(10-17(20)23)18(24)21-8-6-5-7-16(21)12-22-14(3)9-13(2)19-22/h9,15-16H,4-8,10-12H2,1-3H3/t15-,16-/m0/s1. The Bertz CT molecular complexity index is 625. The molecule has 0 bridgehead atoms. The summed E-state index contributed by atoms with van der Waals surface area (Å²) < 4.78 is 2.02. The average Bonchev–Trinajstić information content (AvgIpc) is 3.09. The fraction of sp³-hybridized carbons (Fsp3) is 0.722. The van der Waals surface area contributed by atoms with E-state index in [2.05, 4.69) is 18.1 Å². The summed E-state index contributed by atoms with van der Waals surface area (Å²) in [6.07, 6.45) is 3.59. The number of aryl methyl sites for hydroxylation is 2. The molecule has 0 spiro atoms. The van der Waals surface area contributed by atoms with E-state index in [9.17, 15) is 9.59 Å². The molecule has 3 rings (SSSR count). The van der Waals surface area contributed by atoms with E-state index in [0.717, 1.165) is 43.7 Å². The Labute approximate surface area is 143 Å². The molecule has 132 valence electrons. The fourth-order valence-corrected chi connectivity index (χ4v) is 4.02. The lowest BCUT2D eigenvalue weighted by molar-refractivity contribution is -0.139. The molecule has 1 aromatic heterocycles. The lowest BCUT2D eigenvalue weighted by Gasteiger charge is -2.37. The van der Waals surface area contributed by atoms with Crippen LogP contribution in [0.5, 0.6) is 0 Å². The number of likely N-dealkylation sites (tertiary alicyclic amines) is 2. The summed E-state index contributed by atoms with van der Waals surface area (Å²) in [5.41, 5.74) is 2.15. The SMILES string of the molecule is CCN1C[C@@H](C(=O)N2CCCC[C@H]2Cn2nc(C)cc2C)CC1=O. The zero-order valence-electron chi connectivity index (χ0n) is 15.0. The highest BCUT2D eigenvalue weighted by molar-refractivity contribution is 5.89. The van der Waals surface area contributed by atoms with Crippen LogP contribution in [0.25, 0.3) is 0 Å². The van der Waals surface area contributed by atoms with Crippen LogP contribution in [0.4, 0.5) is 0 Å². The quantitative estimate of drug-likeness (QED) is 0.844. The van der Waals surface area contributed by atoms with Gasteiger partial charge in [0.25, 0.3) is 0 Å². The molecule has 24 heavy (non-hydrogen) atoms. The van der Waals surface area contributed by atoms with Crippen LogP contribution in [0, 0.1) is 19.8 Å². The summed E-state index contributed by atoms with van der Waals surface area (Å²) in [5, 5.41) is 4.55. The van der Waals surface area contributed by atoms with Crippen LogP contribution in [0.3, 0.4) is 0 Å². The summed E-state index contributed by atoms with van der Waals surface area (Å²) in [6, 6.07) is 2.26. The molecular weight excluding hydrogens is 304 g/mol. The number of nitrogens with zero attached hydrogens (tertiary/aromatic N) is 4. The van der Waals surface area contributed by atoms with Crippen LogP contribution in [0.1, 0.15) is 44.0 Å². The first-order chi connectivity index (χ1) is 11.5. The molecule has 0 aromatic carbocycles. The van der Waals surface area contributed by atoms with E-state index >= 15 is 0 Å². The Morgan fingerprint density at radius 1 is 1.33 bits per heavy atom. The van der Waals surface area contributed by atoms with E-state index in [1.54, 1.807) is 4.90 Å². The third kappa shape index (κ3) is 3.32. The van der Waals surface area contributed by atoms with Gasteiger partial charge < -0.3 is 9.80 Å². The molecule has 0 radical (unpaired) electrons. The first-order valence-electron chi connectivity index (χ1n) is 9.09. The highest BCUT2D eigenvalue weighted by Gasteiger charge is 2.38. The van der Waals surface area contributed by atoms with Gasteiger partial charge in [-0.2, -0.15) is 5.10 Å². The maximum absolute atomic E-state index is 13.0. The number of carbonyl (C=O) groups excluding carboxylic acids is 2. The molecule has 0 saturated carbocycles. The molecular formula is C18H28N4O2. The Balaban J connectivity index is 1.71. The monoisotopic (exact) mass is 332 g/mol. The number of rotatable bonds is 4. The average molecular weight is 332 g/mol. The molecule has 2 atom stereocenters. The molecule has 2 aliphatic rings. The molecule has 1 aromatic rings. The maximum atomic E-state index is 13.0. The van der Waals surface area contributed by atoms with Crippen LogP contribution in [-0.4, -0.2) is 57.1 Å². The van der Waals surface area contributed by atoms with Gasteiger partial charge in [0, 0.05) is 31.7 Å². The molecule has 0 N–H and O–H groups in total. The largest absolute Gasteiger partial charge is 0.342 e. The van der Waals surface area contributed by atoms with Crippen molar-refractivity contribution in [1.82, 2.24) is 19.6 Å². The third-order valence-corrected chi connectivity index (χ3v) is 5.34. The van der Waals surface area contributed by atoms with Crippen LogP contribution >= 0.6 is 0 Å². The molecule has 3 heterocycles. The zero-order chi connectivity index (χ0) is 17.3. The Morgan fingerprint density at radius 3 is 2.75 bits per heavy atom. The van der Waals surface area contributed by atoms with Crippen molar-refractivity contribution in [3.05, 3.63) is 17.5 Å². The van der Waals surface area contributed by atoms with Crippen molar-refractivity contribution in [1.29, 1.82) is 0 Å². The molecule has 6 nitrogen and oxygen atoms in total. The minimum absolute atomic E-state index is 0.114. The number of carbonyl (C=O) groups is 2. The smallest absolute Gasteiger partial charge is 0.228 e. The zero-order valence-corrected chi connectivity index (χ0v) is 15.0. The highest BCUT2D eigenvalue weighted by Crippen LogP contribution is 2.26.